The minimum absolute atomic E-state index is 0.0394. The Morgan fingerprint density at radius 3 is 2.48 bits per heavy atom. The Balaban J connectivity index is 2.73. The highest BCUT2D eigenvalue weighted by Crippen LogP contribution is 2.27. The van der Waals surface area contributed by atoms with Crippen LogP contribution in [-0.2, 0) is 14.3 Å². The molecule has 0 radical (unpaired) electrons. The number of anilines is 1. The third-order valence-corrected chi connectivity index (χ3v) is 3.67. The summed E-state index contributed by atoms with van der Waals surface area (Å²) in [7, 11) is 0. The molecule has 0 saturated heterocycles. The minimum Gasteiger partial charge on any atom is -0.465 e. The molecule has 0 fully saturated rings. The summed E-state index contributed by atoms with van der Waals surface area (Å²) in [5.74, 6) is -0.237. The van der Waals surface area contributed by atoms with Gasteiger partial charge in [-0.15, -0.1) is 0 Å². The molecule has 0 aromatic heterocycles. The monoisotopic (exact) mass is 320 g/mol. The molecule has 0 unspecified atom stereocenters. The standard InChI is InChI=1S/C18H28N2O3/c1-7-23-17(22)18(5,6)19-11-15(21)20-16-13(4)9-8-10-14(16)12(2)3/h8-10,12,19H,7,11H2,1-6H3,(H,20,21). The van der Waals surface area contributed by atoms with E-state index in [1.54, 1.807) is 20.8 Å². The number of aryl methyl sites for hydroxylation is 1. The summed E-state index contributed by atoms with van der Waals surface area (Å²) >= 11 is 0. The van der Waals surface area contributed by atoms with Crippen LogP contribution in [0, 0.1) is 6.92 Å². The molecule has 1 rings (SSSR count). The molecule has 0 heterocycles. The number of ether oxygens (including phenoxy) is 1. The van der Waals surface area contributed by atoms with E-state index in [2.05, 4.69) is 24.5 Å². The molecule has 1 aromatic carbocycles. The molecular weight excluding hydrogens is 292 g/mol. The lowest BCUT2D eigenvalue weighted by Crippen LogP contribution is -2.50. The third kappa shape index (κ3) is 5.36. The number of esters is 1. The van der Waals surface area contributed by atoms with Gasteiger partial charge in [0.25, 0.3) is 0 Å². The fourth-order valence-electron chi connectivity index (χ4n) is 2.21. The Morgan fingerprint density at radius 1 is 1.26 bits per heavy atom. The van der Waals surface area contributed by atoms with Crippen LogP contribution in [0.4, 0.5) is 5.69 Å². The van der Waals surface area contributed by atoms with E-state index in [0.29, 0.717) is 12.5 Å². The van der Waals surface area contributed by atoms with Crippen LogP contribution in [0.5, 0.6) is 0 Å². The fourth-order valence-corrected chi connectivity index (χ4v) is 2.21. The van der Waals surface area contributed by atoms with Crippen molar-refractivity contribution in [1.29, 1.82) is 0 Å². The number of hydrogen-bond donors (Lipinski definition) is 2. The van der Waals surface area contributed by atoms with Gasteiger partial charge in [0.1, 0.15) is 5.54 Å². The molecule has 0 aliphatic heterocycles. The zero-order chi connectivity index (χ0) is 17.6. The van der Waals surface area contributed by atoms with Crippen LogP contribution < -0.4 is 10.6 Å². The average molecular weight is 320 g/mol. The smallest absolute Gasteiger partial charge is 0.325 e. The zero-order valence-corrected chi connectivity index (χ0v) is 14.9. The molecule has 0 atom stereocenters. The summed E-state index contributed by atoms with van der Waals surface area (Å²) in [6.45, 7) is 11.7. The van der Waals surface area contributed by atoms with Gasteiger partial charge in [0.2, 0.25) is 5.91 Å². The van der Waals surface area contributed by atoms with Gasteiger partial charge in [-0.25, -0.2) is 0 Å². The molecule has 23 heavy (non-hydrogen) atoms. The van der Waals surface area contributed by atoms with Crippen molar-refractivity contribution in [1.82, 2.24) is 5.32 Å². The number of rotatable bonds is 7. The highest BCUT2D eigenvalue weighted by molar-refractivity contribution is 5.94. The Bertz CT molecular complexity index is 565. The van der Waals surface area contributed by atoms with Crippen molar-refractivity contribution in [3.05, 3.63) is 29.3 Å². The largest absolute Gasteiger partial charge is 0.465 e. The van der Waals surface area contributed by atoms with Gasteiger partial charge in [-0.2, -0.15) is 0 Å². The number of carbonyl (C=O) groups excluding carboxylic acids is 2. The first kappa shape index (κ1) is 19.2. The molecule has 128 valence electrons. The average Bonchev–Trinajstić information content (AvgIpc) is 2.47. The van der Waals surface area contributed by atoms with E-state index in [9.17, 15) is 9.59 Å². The van der Waals surface area contributed by atoms with Crippen molar-refractivity contribution in [3.8, 4) is 0 Å². The van der Waals surface area contributed by atoms with Crippen LogP contribution in [0.1, 0.15) is 51.7 Å². The number of nitrogens with one attached hydrogen (secondary N) is 2. The maximum atomic E-state index is 12.2. The predicted molar refractivity (Wildman–Crippen MR) is 92.6 cm³/mol. The summed E-state index contributed by atoms with van der Waals surface area (Å²) < 4.78 is 4.99. The highest BCUT2D eigenvalue weighted by atomic mass is 16.5. The lowest BCUT2D eigenvalue weighted by Gasteiger charge is -2.24. The van der Waals surface area contributed by atoms with Crippen molar-refractivity contribution in [2.24, 2.45) is 0 Å². The summed E-state index contributed by atoms with van der Waals surface area (Å²) in [5, 5.41) is 5.90. The Hall–Kier alpha value is -1.88. The molecular formula is C18H28N2O3. The second kappa shape index (κ2) is 8.11. The maximum Gasteiger partial charge on any atom is 0.325 e. The summed E-state index contributed by atoms with van der Waals surface area (Å²) in [6, 6.07) is 5.98. The van der Waals surface area contributed by atoms with Crippen LogP contribution >= 0.6 is 0 Å². The van der Waals surface area contributed by atoms with Crippen molar-refractivity contribution in [2.75, 3.05) is 18.5 Å². The molecule has 5 heteroatoms. The van der Waals surface area contributed by atoms with Gasteiger partial charge < -0.3 is 10.1 Å². The second-order valence-electron chi connectivity index (χ2n) is 6.44. The molecule has 1 aromatic rings. The number of para-hydroxylation sites is 1. The first-order valence-corrected chi connectivity index (χ1v) is 8.00. The van der Waals surface area contributed by atoms with E-state index in [4.69, 9.17) is 4.74 Å². The van der Waals surface area contributed by atoms with Gasteiger partial charge in [-0.3, -0.25) is 14.9 Å². The number of hydrogen-bond acceptors (Lipinski definition) is 4. The lowest BCUT2D eigenvalue weighted by atomic mass is 9.98. The Labute approximate surface area is 138 Å². The van der Waals surface area contributed by atoms with Gasteiger partial charge in [0.05, 0.1) is 13.2 Å². The van der Waals surface area contributed by atoms with E-state index in [1.165, 1.54) is 0 Å². The van der Waals surface area contributed by atoms with Crippen molar-refractivity contribution in [3.63, 3.8) is 0 Å². The topological polar surface area (TPSA) is 67.4 Å². The molecule has 0 aliphatic rings. The first-order chi connectivity index (χ1) is 10.7. The molecule has 5 nitrogen and oxygen atoms in total. The van der Waals surface area contributed by atoms with E-state index in [1.807, 2.05) is 25.1 Å². The van der Waals surface area contributed by atoms with E-state index < -0.39 is 5.54 Å². The second-order valence-corrected chi connectivity index (χ2v) is 6.44. The fraction of sp³-hybridized carbons (Fsp3) is 0.556. The maximum absolute atomic E-state index is 12.2. The zero-order valence-electron chi connectivity index (χ0n) is 14.9. The number of carbonyl (C=O) groups is 2. The Kier molecular flexibility index (Phi) is 6.76. The van der Waals surface area contributed by atoms with Gasteiger partial charge in [-0.05, 0) is 44.7 Å². The van der Waals surface area contributed by atoms with Crippen molar-refractivity contribution < 1.29 is 14.3 Å². The minimum atomic E-state index is -0.903. The molecule has 0 bridgehead atoms. The molecule has 0 spiro atoms. The van der Waals surface area contributed by atoms with Crippen LogP contribution in [0.15, 0.2) is 18.2 Å². The first-order valence-electron chi connectivity index (χ1n) is 8.00. The molecule has 1 amide bonds. The summed E-state index contributed by atoms with van der Waals surface area (Å²) in [6.07, 6.45) is 0. The number of amides is 1. The van der Waals surface area contributed by atoms with Crippen LogP contribution in [0.2, 0.25) is 0 Å². The van der Waals surface area contributed by atoms with E-state index in [0.717, 1.165) is 16.8 Å². The van der Waals surface area contributed by atoms with Crippen LogP contribution in [-0.4, -0.2) is 30.6 Å². The lowest BCUT2D eigenvalue weighted by molar-refractivity contribution is -0.149. The van der Waals surface area contributed by atoms with Gasteiger partial charge in [-0.1, -0.05) is 32.0 Å². The SMILES string of the molecule is CCOC(=O)C(C)(C)NCC(=O)Nc1c(C)cccc1C(C)C. The van der Waals surface area contributed by atoms with Gasteiger partial charge >= 0.3 is 5.97 Å². The quantitative estimate of drug-likeness (QED) is 0.758. The van der Waals surface area contributed by atoms with E-state index in [-0.39, 0.29) is 18.4 Å². The van der Waals surface area contributed by atoms with Gasteiger partial charge in [0.15, 0.2) is 0 Å². The normalized spacial score (nSPS) is 11.4. The Morgan fingerprint density at radius 2 is 1.91 bits per heavy atom. The van der Waals surface area contributed by atoms with Crippen LogP contribution in [0.3, 0.4) is 0 Å². The molecule has 2 N–H and O–H groups in total. The summed E-state index contributed by atoms with van der Waals surface area (Å²) in [4.78, 5) is 24.1. The van der Waals surface area contributed by atoms with Crippen molar-refractivity contribution in [2.45, 2.75) is 53.0 Å². The highest BCUT2D eigenvalue weighted by Gasteiger charge is 2.29. The van der Waals surface area contributed by atoms with E-state index >= 15 is 0 Å². The summed E-state index contributed by atoms with van der Waals surface area (Å²) in [5.41, 5.74) is 2.07. The number of benzene rings is 1. The molecule has 0 aliphatic carbocycles. The predicted octanol–water partition coefficient (Wildman–Crippen LogP) is 2.99. The molecule has 0 saturated carbocycles. The third-order valence-electron chi connectivity index (χ3n) is 3.67. The van der Waals surface area contributed by atoms with Gasteiger partial charge in [0, 0.05) is 5.69 Å². The van der Waals surface area contributed by atoms with Crippen molar-refractivity contribution >= 4 is 17.6 Å². The van der Waals surface area contributed by atoms with Crippen LogP contribution in [0.25, 0.3) is 0 Å².